The van der Waals surface area contributed by atoms with Crippen LogP contribution in [0.1, 0.15) is 25.3 Å². The Hall–Kier alpha value is -1.86. The quantitative estimate of drug-likeness (QED) is 0.785. The summed E-state index contributed by atoms with van der Waals surface area (Å²) in [6.45, 7) is 2.91. The molecule has 1 aromatic carbocycles. The van der Waals surface area contributed by atoms with Gasteiger partial charge in [-0.05, 0) is 18.4 Å². The third-order valence-corrected chi connectivity index (χ3v) is 5.65. The van der Waals surface area contributed by atoms with E-state index in [0.29, 0.717) is 11.7 Å². The number of rotatable bonds is 7. The minimum Gasteiger partial charge on any atom is -0.323 e. The Labute approximate surface area is 155 Å². The van der Waals surface area contributed by atoms with Crippen molar-refractivity contribution in [1.29, 1.82) is 0 Å². The van der Waals surface area contributed by atoms with Crippen LogP contribution in [0.25, 0.3) is 11.3 Å². The molecule has 1 aliphatic heterocycles. The maximum absolute atomic E-state index is 12.1. The van der Waals surface area contributed by atoms with Crippen molar-refractivity contribution in [3.8, 4) is 11.3 Å². The average Bonchev–Trinajstić information content (AvgIpc) is 3.23. The fraction of sp³-hybridized carbons (Fsp3) is 0.389. The highest BCUT2D eigenvalue weighted by molar-refractivity contribution is 8.13. The molecule has 3 rings (SSSR count). The molecule has 2 heterocycles. The van der Waals surface area contributed by atoms with E-state index in [2.05, 4.69) is 41.5 Å². The summed E-state index contributed by atoms with van der Waals surface area (Å²) in [5.74, 6) is 0.550. The molecule has 0 atom stereocenters. The zero-order chi connectivity index (χ0) is 17.6. The first-order valence-corrected chi connectivity index (χ1v) is 10.3. The number of hydrogen-bond acceptors (Lipinski definition) is 5. The molecule has 1 fully saturated rings. The van der Waals surface area contributed by atoms with Gasteiger partial charge >= 0.3 is 0 Å². The molecule has 0 unspecified atom stereocenters. The van der Waals surface area contributed by atoms with Gasteiger partial charge in [-0.25, -0.2) is 4.98 Å². The normalized spacial score (nSPS) is 14.1. The van der Waals surface area contributed by atoms with Gasteiger partial charge < -0.3 is 10.2 Å². The van der Waals surface area contributed by atoms with E-state index in [0.717, 1.165) is 23.4 Å². The van der Waals surface area contributed by atoms with E-state index >= 15 is 0 Å². The molecule has 7 heteroatoms. The predicted molar refractivity (Wildman–Crippen MR) is 104 cm³/mol. The zero-order valence-corrected chi connectivity index (χ0v) is 15.8. The fourth-order valence-corrected chi connectivity index (χ4v) is 4.15. The number of thiazole rings is 1. The molecular weight excluding hydrogens is 354 g/mol. The Morgan fingerprint density at radius 2 is 2.12 bits per heavy atom. The first-order valence-electron chi connectivity index (χ1n) is 8.42. The van der Waals surface area contributed by atoms with Gasteiger partial charge in [-0.15, -0.1) is 11.3 Å². The first-order chi connectivity index (χ1) is 12.2. The number of amides is 2. The number of anilines is 1. The molecule has 0 saturated carbocycles. The van der Waals surface area contributed by atoms with Gasteiger partial charge in [0.25, 0.3) is 5.24 Å². The first kappa shape index (κ1) is 17.9. The fourth-order valence-electron chi connectivity index (χ4n) is 2.59. The molecule has 0 bridgehead atoms. The van der Waals surface area contributed by atoms with Crippen LogP contribution in [-0.2, 0) is 11.2 Å². The van der Waals surface area contributed by atoms with Gasteiger partial charge in [0.15, 0.2) is 5.13 Å². The number of carbonyl (C=O) groups excluding carboxylic acids is 2. The lowest BCUT2D eigenvalue weighted by Crippen LogP contribution is -2.33. The third kappa shape index (κ3) is 4.83. The van der Waals surface area contributed by atoms with Crippen LogP contribution in [0.3, 0.4) is 0 Å². The standard InChI is InChI=1S/C18H21N3O2S2/c1-2-3-4-13-5-7-14(8-6-13)15-12-25-17(19-15)20-16(22)11-21-9-10-24-18(21)23/h5-8,12H,2-4,9-11H2,1H3,(H,19,20,22). The minimum absolute atomic E-state index is 0.0295. The van der Waals surface area contributed by atoms with Gasteiger partial charge in [0.2, 0.25) is 5.91 Å². The van der Waals surface area contributed by atoms with Crippen molar-refractivity contribution in [2.24, 2.45) is 0 Å². The number of aryl methyl sites for hydroxylation is 1. The van der Waals surface area contributed by atoms with Crippen LogP contribution >= 0.6 is 23.1 Å². The largest absolute Gasteiger partial charge is 0.323 e. The molecule has 5 nitrogen and oxygen atoms in total. The van der Waals surface area contributed by atoms with E-state index < -0.39 is 0 Å². The van der Waals surface area contributed by atoms with Crippen molar-refractivity contribution in [2.45, 2.75) is 26.2 Å². The molecule has 2 amide bonds. The predicted octanol–water partition coefficient (Wildman–Crippen LogP) is 4.26. The molecule has 1 saturated heterocycles. The van der Waals surface area contributed by atoms with Crippen LogP contribution in [0.15, 0.2) is 29.6 Å². The lowest BCUT2D eigenvalue weighted by Gasteiger charge is -2.12. The molecule has 25 heavy (non-hydrogen) atoms. The van der Waals surface area contributed by atoms with Crippen LogP contribution in [0.4, 0.5) is 9.93 Å². The number of nitrogens with zero attached hydrogens (tertiary/aromatic N) is 2. The second-order valence-electron chi connectivity index (χ2n) is 5.92. The highest BCUT2D eigenvalue weighted by Crippen LogP contribution is 2.25. The summed E-state index contributed by atoms with van der Waals surface area (Å²) in [6, 6.07) is 8.43. The smallest absolute Gasteiger partial charge is 0.282 e. The molecule has 2 aromatic rings. The number of thioether (sulfide) groups is 1. The highest BCUT2D eigenvalue weighted by Gasteiger charge is 2.23. The SMILES string of the molecule is CCCCc1ccc(-c2csc(NC(=O)CN3CCSC3=O)n2)cc1. The summed E-state index contributed by atoms with van der Waals surface area (Å²) in [6.07, 6.45) is 3.49. The monoisotopic (exact) mass is 375 g/mol. The summed E-state index contributed by atoms with van der Waals surface area (Å²) >= 11 is 2.65. The van der Waals surface area contributed by atoms with E-state index in [1.54, 1.807) is 4.90 Å². The topological polar surface area (TPSA) is 62.3 Å². The lowest BCUT2D eigenvalue weighted by atomic mass is 10.1. The zero-order valence-electron chi connectivity index (χ0n) is 14.2. The second kappa shape index (κ2) is 8.49. The number of nitrogens with one attached hydrogen (secondary N) is 1. The number of hydrogen-bond donors (Lipinski definition) is 1. The number of unbranched alkanes of at least 4 members (excludes halogenated alkanes) is 1. The number of benzene rings is 1. The van der Waals surface area contributed by atoms with Gasteiger partial charge in [0, 0.05) is 23.2 Å². The van der Waals surface area contributed by atoms with Gasteiger partial charge in [-0.1, -0.05) is 49.4 Å². The van der Waals surface area contributed by atoms with E-state index in [9.17, 15) is 9.59 Å². The maximum atomic E-state index is 12.1. The van der Waals surface area contributed by atoms with Crippen LogP contribution in [0, 0.1) is 0 Å². The molecule has 1 aromatic heterocycles. The second-order valence-corrected chi connectivity index (χ2v) is 7.83. The van der Waals surface area contributed by atoms with Crippen molar-refractivity contribution in [1.82, 2.24) is 9.88 Å². The van der Waals surface area contributed by atoms with Crippen molar-refractivity contribution in [3.05, 3.63) is 35.2 Å². The molecule has 0 aliphatic carbocycles. The van der Waals surface area contributed by atoms with E-state index in [4.69, 9.17) is 0 Å². The summed E-state index contributed by atoms with van der Waals surface area (Å²) < 4.78 is 0. The Bertz CT molecular complexity index is 743. The molecule has 132 valence electrons. The van der Waals surface area contributed by atoms with E-state index in [1.807, 2.05) is 5.38 Å². The van der Waals surface area contributed by atoms with Crippen molar-refractivity contribution >= 4 is 39.4 Å². The molecule has 1 aliphatic rings. The third-order valence-electron chi connectivity index (χ3n) is 4.00. The Balaban J connectivity index is 1.58. The van der Waals surface area contributed by atoms with Crippen LogP contribution in [0.5, 0.6) is 0 Å². The van der Waals surface area contributed by atoms with E-state index in [1.165, 1.54) is 41.5 Å². The van der Waals surface area contributed by atoms with Crippen molar-refractivity contribution in [2.75, 3.05) is 24.2 Å². The Morgan fingerprint density at radius 3 is 2.80 bits per heavy atom. The summed E-state index contributed by atoms with van der Waals surface area (Å²) in [5, 5.41) is 5.26. The van der Waals surface area contributed by atoms with Gasteiger partial charge in [0.1, 0.15) is 6.54 Å². The molecule has 1 N–H and O–H groups in total. The lowest BCUT2D eigenvalue weighted by molar-refractivity contribution is -0.116. The maximum Gasteiger partial charge on any atom is 0.282 e. The van der Waals surface area contributed by atoms with Crippen molar-refractivity contribution in [3.63, 3.8) is 0 Å². The number of aromatic nitrogens is 1. The van der Waals surface area contributed by atoms with Gasteiger partial charge in [-0.3, -0.25) is 9.59 Å². The molecule has 0 radical (unpaired) electrons. The summed E-state index contributed by atoms with van der Waals surface area (Å²) in [4.78, 5) is 29.6. The van der Waals surface area contributed by atoms with Gasteiger partial charge in [0.05, 0.1) is 5.69 Å². The molecular formula is C18H21N3O2S2. The van der Waals surface area contributed by atoms with Crippen molar-refractivity contribution < 1.29 is 9.59 Å². The highest BCUT2D eigenvalue weighted by atomic mass is 32.2. The average molecular weight is 376 g/mol. The van der Waals surface area contributed by atoms with Gasteiger partial charge in [-0.2, -0.15) is 0 Å². The Kier molecular flexibility index (Phi) is 6.09. The Morgan fingerprint density at radius 1 is 1.32 bits per heavy atom. The molecule has 0 spiro atoms. The summed E-state index contributed by atoms with van der Waals surface area (Å²) in [7, 11) is 0. The summed E-state index contributed by atoms with van der Waals surface area (Å²) in [5.41, 5.74) is 3.24. The van der Waals surface area contributed by atoms with E-state index in [-0.39, 0.29) is 17.7 Å². The van der Waals surface area contributed by atoms with Crippen LogP contribution < -0.4 is 5.32 Å². The van der Waals surface area contributed by atoms with Crippen LogP contribution in [-0.4, -0.2) is 39.9 Å². The minimum atomic E-state index is -0.202. The number of carbonyl (C=O) groups is 2. The van der Waals surface area contributed by atoms with Crippen LogP contribution in [0.2, 0.25) is 0 Å².